The van der Waals surface area contributed by atoms with Crippen LogP contribution in [0.4, 0.5) is 10.1 Å². The van der Waals surface area contributed by atoms with Crippen molar-refractivity contribution in [3.05, 3.63) is 23.5 Å². The average molecular weight is 390 g/mol. The van der Waals surface area contributed by atoms with Crippen molar-refractivity contribution in [2.24, 2.45) is 22.7 Å². The molecule has 0 spiro atoms. The fourth-order valence-electron chi connectivity index (χ4n) is 5.48. The van der Waals surface area contributed by atoms with Crippen LogP contribution < -0.4 is 4.74 Å². The number of nitrogens with zero attached hydrogens (tertiary/aromatic N) is 1. The van der Waals surface area contributed by atoms with Crippen LogP contribution in [0.25, 0.3) is 0 Å². The van der Waals surface area contributed by atoms with Crippen LogP contribution in [0.5, 0.6) is 5.75 Å². The minimum Gasteiger partial charge on any atom is -0.493 e. The van der Waals surface area contributed by atoms with Crippen LogP contribution in [0, 0.1) is 23.6 Å². The SMILES string of the molecule is CCCC1CCC(C2CCC(c3ccc(N=C=S)c(F)c3OC)CC2)CC1. The first-order valence-electron chi connectivity index (χ1n) is 10.6. The fourth-order valence-corrected chi connectivity index (χ4v) is 5.58. The third-order valence-corrected chi connectivity index (χ3v) is 7.04. The predicted octanol–water partition coefficient (Wildman–Crippen LogP) is 7.45. The second kappa shape index (κ2) is 9.80. The van der Waals surface area contributed by atoms with Gasteiger partial charge in [0.05, 0.1) is 12.3 Å². The van der Waals surface area contributed by atoms with E-state index in [1.807, 2.05) is 6.07 Å². The van der Waals surface area contributed by atoms with Crippen LogP contribution >= 0.6 is 12.2 Å². The highest BCUT2D eigenvalue weighted by Gasteiger charge is 2.32. The van der Waals surface area contributed by atoms with E-state index in [1.54, 1.807) is 6.07 Å². The molecule has 27 heavy (non-hydrogen) atoms. The highest BCUT2D eigenvalue weighted by molar-refractivity contribution is 7.78. The summed E-state index contributed by atoms with van der Waals surface area (Å²) in [4.78, 5) is 3.80. The van der Waals surface area contributed by atoms with Gasteiger partial charge in [-0.05, 0) is 80.5 Å². The molecule has 2 fully saturated rings. The Hall–Kier alpha value is -1.25. The molecule has 0 unspecified atom stereocenters. The molecule has 0 N–H and O–H groups in total. The minimum absolute atomic E-state index is 0.211. The molecule has 0 heterocycles. The standard InChI is InChI=1S/C23H32FNOS/c1-3-4-16-5-7-17(8-6-16)18-9-11-19(12-10-18)20-13-14-21(25-15-27)22(24)23(20)26-2/h13-14,16-19H,3-12H2,1-2H3. The number of benzene rings is 1. The van der Waals surface area contributed by atoms with Gasteiger partial charge in [-0.3, -0.25) is 0 Å². The highest BCUT2D eigenvalue weighted by Crippen LogP contribution is 2.47. The lowest BCUT2D eigenvalue weighted by Gasteiger charge is -2.38. The van der Waals surface area contributed by atoms with Gasteiger partial charge in [-0.2, -0.15) is 4.99 Å². The van der Waals surface area contributed by atoms with Gasteiger partial charge in [-0.15, -0.1) is 0 Å². The molecule has 0 bridgehead atoms. The van der Waals surface area contributed by atoms with Crippen molar-refractivity contribution in [3.8, 4) is 5.75 Å². The zero-order valence-electron chi connectivity index (χ0n) is 16.7. The van der Waals surface area contributed by atoms with Crippen molar-refractivity contribution in [2.75, 3.05) is 7.11 Å². The van der Waals surface area contributed by atoms with Crippen molar-refractivity contribution in [3.63, 3.8) is 0 Å². The van der Waals surface area contributed by atoms with Gasteiger partial charge in [-0.1, -0.05) is 38.7 Å². The molecule has 4 heteroatoms. The molecule has 2 nitrogen and oxygen atoms in total. The first-order valence-corrected chi connectivity index (χ1v) is 11.0. The minimum atomic E-state index is -0.413. The molecular weight excluding hydrogens is 357 g/mol. The number of rotatable bonds is 6. The van der Waals surface area contributed by atoms with Crippen LogP contribution in [0.15, 0.2) is 17.1 Å². The van der Waals surface area contributed by atoms with E-state index in [4.69, 9.17) is 4.74 Å². The summed E-state index contributed by atoms with van der Waals surface area (Å²) in [5.74, 6) is 3.06. The lowest BCUT2D eigenvalue weighted by atomic mass is 9.68. The summed E-state index contributed by atoms with van der Waals surface area (Å²) in [7, 11) is 1.53. The van der Waals surface area contributed by atoms with Gasteiger partial charge in [0, 0.05) is 5.56 Å². The second-order valence-electron chi connectivity index (χ2n) is 8.41. The second-order valence-corrected chi connectivity index (χ2v) is 8.59. The van der Waals surface area contributed by atoms with Crippen LogP contribution in [-0.4, -0.2) is 12.3 Å². The molecule has 0 amide bonds. The Morgan fingerprint density at radius 2 is 1.70 bits per heavy atom. The quantitative estimate of drug-likeness (QED) is 0.372. The number of hydrogen-bond donors (Lipinski definition) is 0. The average Bonchev–Trinajstić information content (AvgIpc) is 2.70. The molecule has 0 aromatic heterocycles. The maximum Gasteiger partial charge on any atom is 0.191 e. The van der Waals surface area contributed by atoms with Gasteiger partial charge in [0.2, 0.25) is 0 Å². The number of ether oxygens (including phenoxy) is 1. The molecule has 2 aliphatic rings. The molecule has 148 valence electrons. The lowest BCUT2D eigenvalue weighted by Crippen LogP contribution is -2.25. The normalized spacial score (nSPS) is 28.4. The van der Waals surface area contributed by atoms with Crippen molar-refractivity contribution >= 4 is 23.1 Å². The zero-order chi connectivity index (χ0) is 19.2. The van der Waals surface area contributed by atoms with Gasteiger partial charge in [0.25, 0.3) is 0 Å². The van der Waals surface area contributed by atoms with Crippen LogP contribution in [-0.2, 0) is 0 Å². The summed E-state index contributed by atoms with van der Waals surface area (Å²) >= 11 is 4.60. The fraction of sp³-hybridized carbons (Fsp3) is 0.696. The first-order chi connectivity index (χ1) is 13.2. The number of hydrogen-bond acceptors (Lipinski definition) is 3. The molecule has 2 saturated carbocycles. The lowest BCUT2D eigenvalue weighted by molar-refractivity contribution is 0.156. The van der Waals surface area contributed by atoms with E-state index in [-0.39, 0.29) is 5.69 Å². The number of methoxy groups -OCH3 is 1. The van der Waals surface area contributed by atoms with Gasteiger partial charge in [-0.25, -0.2) is 4.39 Å². The van der Waals surface area contributed by atoms with Crippen LogP contribution in [0.1, 0.15) is 82.6 Å². The Morgan fingerprint density at radius 3 is 2.26 bits per heavy atom. The third-order valence-electron chi connectivity index (χ3n) is 6.94. The Kier molecular flexibility index (Phi) is 7.43. The van der Waals surface area contributed by atoms with Crippen molar-refractivity contribution in [1.82, 2.24) is 0 Å². The maximum atomic E-state index is 14.6. The van der Waals surface area contributed by atoms with Crippen LogP contribution in [0.3, 0.4) is 0 Å². The van der Waals surface area contributed by atoms with Crippen molar-refractivity contribution in [2.45, 2.75) is 77.0 Å². The molecule has 0 atom stereocenters. The number of isothiocyanates is 1. The highest BCUT2D eigenvalue weighted by atomic mass is 32.1. The molecule has 1 aromatic rings. The third kappa shape index (κ3) is 4.78. The number of aliphatic imine (C=N–C) groups is 1. The summed E-state index contributed by atoms with van der Waals surface area (Å²) in [6.07, 6.45) is 13.2. The van der Waals surface area contributed by atoms with E-state index in [0.717, 1.165) is 36.2 Å². The van der Waals surface area contributed by atoms with E-state index in [0.29, 0.717) is 11.7 Å². The first kappa shape index (κ1) is 20.5. The Bertz CT molecular complexity index is 669. The summed E-state index contributed by atoms with van der Waals surface area (Å²) < 4.78 is 20.0. The molecule has 3 rings (SSSR count). The summed E-state index contributed by atoms with van der Waals surface area (Å²) in [6.45, 7) is 2.30. The van der Waals surface area contributed by atoms with Crippen LogP contribution in [0.2, 0.25) is 0 Å². The molecule has 0 radical (unpaired) electrons. The Balaban J connectivity index is 1.61. The van der Waals surface area contributed by atoms with Crippen molar-refractivity contribution < 1.29 is 9.13 Å². The zero-order valence-corrected chi connectivity index (χ0v) is 17.5. The van der Waals surface area contributed by atoms with Gasteiger partial charge >= 0.3 is 0 Å². The largest absolute Gasteiger partial charge is 0.493 e. The molecule has 1 aromatic carbocycles. The van der Waals surface area contributed by atoms with E-state index in [9.17, 15) is 4.39 Å². The predicted molar refractivity (Wildman–Crippen MR) is 113 cm³/mol. The monoisotopic (exact) mass is 389 g/mol. The molecular formula is C23H32FNOS. The Labute approximate surface area is 168 Å². The summed E-state index contributed by atoms with van der Waals surface area (Å²) in [5.41, 5.74) is 1.20. The van der Waals surface area contributed by atoms with Gasteiger partial charge in [0.1, 0.15) is 5.69 Å². The van der Waals surface area contributed by atoms with Gasteiger partial charge < -0.3 is 4.74 Å². The topological polar surface area (TPSA) is 21.6 Å². The number of thiocarbonyl (C=S) groups is 1. The maximum absolute atomic E-state index is 14.6. The van der Waals surface area contributed by atoms with Crippen molar-refractivity contribution in [1.29, 1.82) is 0 Å². The van der Waals surface area contributed by atoms with Gasteiger partial charge in [0.15, 0.2) is 11.6 Å². The summed E-state index contributed by atoms with van der Waals surface area (Å²) in [6, 6.07) is 3.67. The van der Waals surface area contributed by atoms with E-state index < -0.39 is 5.82 Å². The van der Waals surface area contributed by atoms with E-state index >= 15 is 0 Å². The molecule has 2 aliphatic carbocycles. The Morgan fingerprint density at radius 1 is 1.07 bits per heavy atom. The number of halogens is 1. The van der Waals surface area contributed by atoms with E-state index in [2.05, 4.69) is 29.3 Å². The van der Waals surface area contributed by atoms with E-state index in [1.165, 1.54) is 58.5 Å². The molecule has 0 aliphatic heterocycles. The smallest absolute Gasteiger partial charge is 0.191 e. The summed E-state index contributed by atoms with van der Waals surface area (Å²) in [5, 5.41) is 2.24. The molecule has 0 saturated heterocycles.